The quantitative estimate of drug-likeness (QED) is 0.708. The van der Waals surface area contributed by atoms with Gasteiger partial charge in [0.05, 0.1) is 15.2 Å². The van der Waals surface area contributed by atoms with Gasteiger partial charge in [-0.05, 0) is 41.1 Å². The zero-order chi connectivity index (χ0) is 12.6. The first-order valence-corrected chi connectivity index (χ1v) is 6.19. The number of benzene rings is 1. The average molecular weight is 336 g/mol. The van der Waals surface area contributed by atoms with Gasteiger partial charge in [-0.15, -0.1) is 0 Å². The van der Waals surface area contributed by atoms with E-state index in [1.54, 1.807) is 13.0 Å². The van der Waals surface area contributed by atoms with E-state index in [0.29, 0.717) is 26.7 Å². The van der Waals surface area contributed by atoms with Crippen molar-refractivity contribution in [3.8, 4) is 11.4 Å². The average Bonchev–Trinajstić information content (AvgIpc) is 2.29. The zero-order valence-corrected chi connectivity index (χ0v) is 11.7. The molecule has 17 heavy (non-hydrogen) atoms. The predicted octanol–water partition coefficient (Wildman–Crippen LogP) is 4.66. The van der Waals surface area contributed by atoms with E-state index in [1.165, 1.54) is 12.1 Å². The fourth-order valence-electron chi connectivity index (χ4n) is 1.29. The van der Waals surface area contributed by atoms with Gasteiger partial charge in [-0.25, -0.2) is 14.4 Å². The Kier molecular flexibility index (Phi) is 3.66. The molecule has 2 nitrogen and oxygen atoms in total. The molecule has 0 amide bonds. The molecule has 1 aromatic heterocycles. The van der Waals surface area contributed by atoms with Crippen LogP contribution in [0.1, 0.15) is 5.69 Å². The molecule has 0 aliphatic heterocycles. The van der Waals surface area contributed by atoms with Gasteiger partial charge in [0.2, 0.25) is 0 Å². The second-order valence-electron chi connectivity index (χ2n) is 3.37. The van der Waals surface area contributed by atoms with Crippen LogP contribution in [0.5, 0.6) is 0 Å². The molecule has 0 unspecified atom stereocenters. The second kappa shape index (κ2) is 4.88. The summed E-state index contributed by atoms with van der Waals surface area (Å²) in [6.07, 6.45) is 0. The normalized spacial score (nSPS) is 10.6. The van der Waals surface area contributed by atoms with Gasteiger partial charge in [0.1, 0.15) is 11.0 Å². The summed E-state index contributed by atoms with van der Waals surface area (Å²) in [5, 5.41) is 0.343. The van der Waals surface area contributed by atoms with Gasteiger partial charge in [-0.3, -0.25) is 0 Å². The van der Waals surface area contributed by atoms with Crippen molar-refractivity contribution in [1.82, 2.24) is 9.97 Å². The minimum atomic E-state index is -0.477. The Hall–Kier alpha value is -0.710. The van der Waals surface area contributed by atoms with Gasteiger partial charge in [0.25, 0.3) is 0 Å². The Morgan fingerprint density at radius 3 is 2.53 bits per heavy atom. The second-order valence-corrected chi connectivity index (χ2v) is 4.92. The van der Waals surface area contributed by atoms with E-state index in [0.717, 1.165) is 0 Å². The molecule has 0 bridgehead atoms. The maximum Gasteiger partial charge on any atom is 0.161 e. The summed E-state index contributed by atoms with van der Waals surface area (Å²) in [6, 6.07) is 4.29. The number of halogens is 4. The van der Waals surface area contributed by atoms with Gasteiger partial charge in [-0.2, -0.15) is 0 Å². The number of nitrogens with zero attached hydrogens (tertiary/aromatic N) is 2. The first-order valence-electron chi connectivity index (χ1n) is 4.64. The van der Waals surface area contributed by atoms with Crippen molar-refractivity contribution in [2.75, 3.05) is 0 Å². The van der Waals surface area contributed by atoms with Gasteiger partial charge < -0.3 is 0 Å². The topological polar surface area (TPSA) is 25.8 Å². The number of aromatic nitrogens is 2. The summed E-state index contributed by atoms with van der Waals surface area (Å²) in [6.45, 7) is 1.80. The van der Waals surface area contributed by atoms with Crippen LogP contribution in [0.15, 0.2) is 22.7 Å². The summed E-state index contributed by atoms with van der Waals surface area (Å²) < 4.78 is 13.7. The minimum Gasteiger partial charge on any atom is -0.232 e. The molecule has 6 heteroatoms. The SMILES string of the molecule is Cc1nc(-c2ccc(F)c(Cl)c2)nc(Cl)c1Br. The van der Waals surface area contributed by atoms with Crippen LogP contribution in [-0.2, 0) is 0 Å². The van der Waals surface area contributed by atoms with Crippen LogP contribution in [0.25, 0.3) is 11.4 Å². The Balaban J connectivity index is 2.57. The maximum absolute atomic E-state index is 13.0. The highest BCUT2D eigenvalue weighted by Gasteiger charge is 2.10. The third-order valence-electron chi connectivity index (χ3n) is 2.15. The van der Waals surface area contributed by atoms with Crippen molar-refractivity contribution in [3.63, 3.8) is 0 Å². The Morgan fingerprint density at radius 1 is 1.24 bits per heavy atom. The van der Waals surface area contributed by atoms with Crippen molar-refractivity contribution in [2.24, 2.45) is 0 Å². The first kappa shape index (κ1) is 12.7. The van der Waals surface area contributed by atoms with Gasteiger partial charge >= 0.3 is 0 Å². The molecule has 0 atom stereocenters. The van der Waals surface area contributed by atoms with E-state index in [9.17, 15) is 4.39 Å². The lowest BCUT2D eigenvalue weighted by Crippen LogP contribution is -1.94. The van der Waals surface area contributed by atoms with Crippen LogP contribution in [0.3, 0.4) is 0 Å². The Bertz CT molecular complexity index is 567. The highest BCUT2D eigenvalue weighted by Crippen LogP contribution is 2.28. The summed E-state index contributed by atoms with van der Waals surface area (Å²) in [7, 11) is 0. The van der Waals surface area contributed by atoms with Crippen LogP contribution in [-0.4, -0.2) is 9.97 Å². The molecule has 0 aliphatic rings. The standard InChI is InChI=1S/C11H6BrCl2FN2/c1-5-9(12)10(14)17-11(16-5)6-2-3-8(15)7(13)4-6/h2-4H,1H3. The molecule has 1 heterocycles. The van der Waals surface area contributed by atoms with E-state index < -0.39 is 5.82 Å². The van der Waals surface area contributed by atoms with E-state index >= 15 is 0 Å². The highest BCUT2D eigenvalue weighted by atomic mass is 79.9. The van der Waals surface area contributed by atoms with Crippen LogP contribution in [0.2, 0.25) is 10.2 Å². The monoisotopic (exact) mass is 334 g/mol. The first-order chi connectivity index (χ1) is 7.99. The largest absolute Gasteiger partial charge is 0.232 e. The third-order valence-corrected chi connectivity index (χ3v) is 3.90. The van der Waals surface area contributed by atoms with Gasteiger partial charge in [-0.1, -0.05) is 23.2 Å². The summed E-state index contributed by atoms with van der Waals surface area (Å²) >= 11 is 14.9. The molecule has 0 fully saturated rings. The Labute approximate surface area is 116 Å². The molecule has 2 aromatic rings. The molecule has 0 radical (unpaired) electrons. The van der Waals surface area contributed by atoms with E-state index in [4.69, 9.17) is 23.2 Å². The van der Waals surface area contributed by atoms with Crippen molar-refractivity contribution in [1.29, 1.82) is 0 Å². The summed E-state index contributed by atoms with van der Waals surface area (Å²) in [5.74, 6) is -0.0621. The lowest BCUT2D eigenvalue weighted by molar-refractivity contribution is 0.628. The molecule has 0 saturated carbocycles. The molecule has 0 aliphatic carbocycles. The number of aryl methyl sites for hydroxylation is 1. The van der Waals surface area contributed by atoms with Crippen molar-refractivity contribution in [2.45, 2.75) is 6.92 Å². The van der Waals surface area contributed by atoms with E-state index in [2.05, 4.69) is 25.9 Å². The zero-order valence-electron chi connectivity index (χ0n) is 8.64. The highest BCUT2D eigenvalue weighted by molar-refractivity contribution is 9.10. The third kappa shape index (κ3) is 2.59. The molecular weight excluding hydrogens is 330 g/mol. The molecule has 88 valence electrons. The lowest BCUT2D eigenvalue weighted by Gasteiger charge is -2.05. The molecule has 2 rings (SSSR count). The Morgan fingerprint density at radius 2 is 1.94 bits per heavy atom. The number of hydrogen-bond donors (Lipinski definition) is 0. The van der Waals surface area contributed by atoms with E-state index in [-0.39, 0.29) is 5.02 Å². The predicted molar refractivity (Wildman–Crippen MR) is 69.9 cm³/mol. The fourth-order valence-corrected chi connectivity index (χ4v) is 1.86. The summed E-state index contributed by atoms with van der Waals surface area (Å²) in [4.78, 5) is 8.35. The smallest absolute Gasteiger partial charge is 0.161 e. The van der Waals surface area contributed by atoms with Crippen molar-refractivity contribution in [3.05, 3.63) is 44.4 Å². The number of hydrogen-bond acceptors (Lipinski definition) is 2. The van der Waals surface area contributed by atoms with Crippen molar-refractivity contribution >= 4 is 39.1 Å². The van der Waals surface area contributed by atoms with Crippen LogP contribution >= 0.6 is 39.1 Å². The maximum atomic E-state index is 13.0. The van der Waals surface area contributed by atoms with E-state index in [1.807, 2.05) is 0 Å². The number of rotatable bonds is 1. The molecule has 0 spiro atoms. The lowest BCUT2D eigenvalue weighted by atomic mass is 10.2. The van der Waals surface area contributed by atoms with Crippen LogP contribution < -0.4 is 0 Å². The van der Waals surface area contributed by atoms with Crippen molar-refractivity contribution < 1.29 is 4.39 Å². The van der Waals surface area contributed by atoms with Crippen LogP contribution in [0.4, 0.5) is 4.39 Å². The fraction of sp³-hybridized carbons (Fsp3) is 0.0909. The summed E-state index contributed by atoms with van der Waals surface area (Å²) in [5.41, 5.74) is 1.33. The van der Waals surface area contributed by atoms with Gasteiger partial charge in [0, 0.05) is 5.56 Å². The molecule has 1 aromatic carbocycles. The molecule has 0 N–H and O–H groups in total. The molecular formula is C11H6BrCl2FN2. The minimum absolute atomic E-state index is 0.0304. The molecule has 0 saturated heterocycles. The van der Waals surface area contributed by atoms with Crippen LogP contribution in [0, 0.1) is 12.7 Å². The van der Waals surface area contributed by atoms with Gasteiger partial charge in [0.15, 0.2) is 5.82 Å².